The average molecular weight is 409 g/mol. The first-order valence-corrected chi connectivity index (χ1v) is 10.2. The van der Waals surface area contributed by atoms with Crippen LogP contribution in [0.25, 0.3) is 5.82 Å². The van der Waals surface area contributed by atoms with Crippen molar-refractivity contribution < 1.29 is 14.3 Å². The van der Waals surface area contributed by atoms with Gasteiger partial charge in [0, 0.05) is 17.3 Å². The summed E-state index contributed by atoms with van der Waals surface area (Å²) < 4.78 is 6.72. The molecule has 2 heterocycles. The van der Waals surface area contributed by atoms with E-state index in [0.29, 0.717) is 23.0 Å². The van der Waals surface area contributed by atoms with Crippen LogP contribution in [-0.4, -0.2) is 39.0 Å². The molecular weight excluding hydrogens is 382 g/mol. The Labute approximate surface area is 175 Å². The zero-order chi connectivity index (χ0) is 21.5. The minimum absolute atomic E-state index is 0.0127. The minimum atomic E-state index is -0.606. The fraction of sp³-hybridized carbons (Fsp3) is 0.500. The lowest BCUT2D eigenvalue weighted by Crippen LogP contribution is -2.35. The molecule has 2 aliphatic carbocycles. The second-order valence-electron chi connectivity index (χ2n) is 8.91. The monoisotopic (exact) mass is 409 g/mol. The van der Waals surface area contributed by atoms with E-state index in [1.165, 1.54) is 12.6 Å². The largest absolute Gasteiger partial charge is 0.452 e. The molecule has 0 saturated heterocycles. The highest BCUT2D eigenvalue weighted by molar-refractivity contribution is 5.95. The van der Waals surface area contributed by atoms with E-state index in [1.54, 1.807) is 29.9 Å². The zero-order valence-electron chi connectivity index (χ0n) is 17.8. The first-order valence-electron chi connectivity index (χ1n) is 10.2. The molecule has 0 aliphatic heterocycles. The van der Waals surface area contributed by atoms with E-state index in [1.807, 2.05) is 6.07 Å². The fourth-order valence-corrected chi connectivity index (χ4v) is 4.79. The standard InChI is InChI=1S/C22H27N5O3/c1-14-16(12-24-27(14)18-7-5-6-10-23-18)20(29)30-13-19(28)26-25-17-11-15-8-9-22(17,4)21(15,2)3/h5-7,10,12,15H,8-9,11,13H2,1-4H3,(H,26,28)/b25-17+. The van der Waals surface area contributed by atoms with Gasteiger partial charge in [-0.25, -0.2) is 19.9 Å². The van der Waals surface area contributed by atoms with Gasteiger partial charge >= 0.3 is 5.97 Å². The van der Waals surface area contributed by atoms with Crippen molar-refractivity contribution in [1.82, 2.24) is 20.2 Å². The van der Waals surface area contributed by atoms with Crippen molar-refractivity contribution in [1.29, 1.82) is 0 Å². The van der Waals surface area contributed by atoms with Crippen molar-refractivity contribution in [3.05, 3.63) is 41.9 Å². The summed E-state index contributed by atoms with van der Waals surface area (Å²) in [4.78, 5) is 28.8. The van der Waals surface area contributed by atoms with Gasteiger partial charge in [-0.05, 0) is 49.7 Å². The van der Waals surface area contributed by atoms with Crippen molar-refractivity contribution in [2.45, 2.75) is 47.0 Å². The molecule has 2 unspecified atom stereocenters. The van der Waals surface area contributed by atoms with Crippen LogP contribution in [0.4, 0.5) is 0 Å². The smallest absolute Gasteiger partial charge is 0.342 e. The third kappa shape index (κ3) is 3.20. The summed E-state index contributed by atoms with van der Waals surface area (Å²) in [6.45, 7) is 8.15. The number of ether oxygens (including phenoxy) is 1. The number of nitrogens with one attached hydrogen (secondary N) is 1. The lowest BCUT2D eigenvalue weighted by molar-refractivity contribution is -0.124. The Hall–Kier alpha value is -3.03. The zero-order valence-corrected chi connectivity index (χ0v) is 17.8. The molecule has 1 N–H and O–H groups in total. The second-order valence-corrected chi connectivity index (χ2v) is 8.91. The molecule has 1 amide bonds. The molecule has 2 aromatic heterocycles. The van der Waals surface area contributed by atoms with E-state index in [9.17, 15) is 9.59 Å². The van der Waals surface area contributed by atoms with E-state index < -0.39 is 18.5 Å². The van der Waals surface area contributed by atoms with E-state index in [2.05, 4.69) is 41.4 Å². The molecule has 2 aromatic rings. The van der Waals surface area contributed by atoms with E-state index >= 15 is 0 Å². The number of aromatic nitrogens is 3. The number of nitrogens with zero attached hydrogens (tertiary/aromatic N) is 4. The maximum absolute atomic E-state index is 12.4. The Morgan fingerprint density at radius 1 is 1.33 bits per heavy atom. The SMILES string of the molecule is Cc1c(C(=O)OCC(=O)N/N=C2\CC3CCC2(C)C3(C)C)cnn1-c1ccccn1. The van der Waals surface area contributed by atoms with Crippen LogP contribution in [0, 0.1) is 23.7 Å². The first kappa shape index (κ1) is 20.3. The molecule has 2 bridgehead atoms. The molecule has 0 spiro atoms. The van der Waals surface area contributed by atoms with Crippen LogP contribution in [-0.2, 0) is 9.53 Å². The minimum Gasteiger partial charge on any atom is -0.452 e. The van der Waals surface area contributed by atoms with Crippen molar-refractivity contribution in [3.8, 4) is 5.82 Å². The van der Waals surface area contributed by atoms with Crippen LogP contribution < -0.4 is 5.43 Å². The van der Waals surface area contributed by atoms with Gasteiger partial charge in [0.25, 0.3) is 5.91 Å². The van der Waals surface area contributed by atoms with Gasteiger partial charge < -0.3 is 4.74 Å². The molecule has 30 heavy (non-hydrogen) atoms. The van der Waals surface area contributed by atoms with E-state index in [-0.39, 0.29) is 10.8 Å². The molecule has 0 radical (unpaired) electrons. The van der Waals surface area contributed by atoms with Crippen LogP contribution in [0.15, 0.2) is 35.7 Å². The Bertz CT molecular complexity index is 1010. The number of carbonyl (C=O) groups is 2. The molecule has 2 aliphatic rings. The molecule has 2 fully saturated rings. The number of amides is 1. The number of rotatable bonds is 5. The Morgan fingerprint density at radius 3 is 2.77 bits per heavy atom. The Morgan fingerprint density at radius 2 is 2.13 bits per heavy atom. The summed E-state index contributed by atoms with van der Waals surface area (Å²) in [6, 6.07) is 5.43. The van der Waals surface area contributed by atoms with Crippen molar-refractivity contribution in [2.24, 2.45) is 21.8 Å². The first-order chi connectivity index (χ1) is 14.2. The lowest BCUT2D eigenvalue weighted by Gasteiger charge is -2.34. The summed E-state index contributed by atoms with van der Waals surface area (Å²) in [5.74, 6) is 0.153. The summed E-state index contributed by atoms with van der Waals surface area (Å²) in [5.41, 5.74) is 4.69. The third-order valence-electron chi connectivity index (χ3n) is 7.26. The van der Waals surface area contributed by atoms with Crippen LogP contribution in [0.2, 0.25) is 0 Å². The average Bonchev–Trinajstić information content (AvgIpc) is 3.28. The van der Waals surface area contributed by atoms with Crippen LogP contribution in [0.3, 0.4) is 0 Å². The Kier molecular flexibility index (Phi) is 4.95. The Balaban J connectivity index is 1.35. The van der Waals surface area contributed by atoms with Gasteiger partial charge in [0.15, 0.2) is 12.4 Å². The number of esters is 1. The van der Waals surface area contributed by atoms with Gasteiger partial charge in [0.1, 0.15) is 5.56 Å². The molecule has 8 heteroatoms. The van der Waals surface area contributed by atoms with Crippen molar-refractivity contribution >= 4 is 17.6 Å². The highest BCUT2D eigenvalue weighted by Gasteiger charge is 2.60. The predicted octanol–water partition coefficient (Wildman–Crippen LogP) is 3.05. The van der Waals surface area contributed by atoms with Crippen LogP contribution >= 0.6 is 0 Å². The van der Waals surface area contributed by atoms with Crippen LogP contribution in [0.1, 0.15) is 56.1 Å². The van der Waals surface area contributed by atoms with Crippen molar-refractivity contribution in [2.75, 3.05) is 6.61 Å². The highest BCUT2D eigenvalue weighted by atomic mass is 16.5. The summed E-state index contributed by atoms with van der Waals surface area (Å²) in [6.07, 6.45) is 6.28. The lowest BCUT2D eigenvalue weighted by atomic mass is 9.70. The molecule has 4 rings (SSSR count). The van der Waals surface area contributed by atoms with Crippen molar-refractivity contribution in [3.63, 3.8) is 0 Å². The van der Waals surface area contributed by atoms with Gasteiger partial charge in [0.2, 0.25) is 0 Å². The maximum atomic E-state index is 12.4. The van der Waals surface area contributed by atoms with Gasteiger partial charge in [-0.1, -0.05) is 26.8 Å². The van der Waals surface area contributed by atoms with E-state index in [0.717, 1.165) is 18.6 Å². The molecule has 8 nitrogen and oxygen atoms in total. The fourth-order valence-electron chi connectivity index (χ4n) is 4.79. The number of pyridine rings is 1. The number of carbonyl (C=O) groups excluding carboxylic acids is 2. The number of hydrogen-bond donors (Lipinski definition) is 1. The molecular formula is C22H27N5O3. The van der Waals surface area contributed by atoms with Gasteiger partial charge in [0.05, 0.1) is 11.9 Å². The van der Waals surface area contributed by atoms with Gasteiger partial charge in [-0.2, -0.15) is 10.2 Å². The third-order valence-corrected chi connectivity index (χ3v) is 7.26. The van der Waals surface area contributed by atoms with E-state index in [4.69, 9.17) is 4.74 Å². The number of hydrazone groups is 1. The summed E-state index contributed by atoms with van der Waals surface area (Å²) in [7, 11) is 0. The normalized spacial score (nSPS) is 25.5. The maximum Gasteiger partial charge on any atom is 0.342 e. The van der Waals surface area contributed by atoms with Gasteiger partial charge in [-0.3, -0.25) is 4.79 Å². The summed E-state index contributed by atoms with van der Waals surface area (Å²) >= 11 is 0. The molecule has 2 saturated carbocycles. The quantitative estimate of drug-likeness (QED) is 0.604. The van der Waals surface area contributed by atoms with Crippen LogP contribution in [0.5, 0.6) is 0 Å². The van der Waals surface area contributed by atoms with Gasteiger partial charge in [-0.15, -0.1) is 0 Å². The highest BCUT2D eigenvalue weighted by Crippen LogP contribution is 2.63. The second kappa shape index (κ2) is 7.34. The number of fused-ring (bicyclic) bond motifs is 2. The summed E-state index contributed by atoms with van der Waals surface area (Å²) in [5, 5.41) is 8.58. The topological polar surface area (TPSA) is 98.5 Å². The predicted molar refractivity (Wildman–Crippen MR) is 111 cm³/mol. The molecule has 2 atom stereocenters. The molecule has 0 aromatic carbocycles. The number of hydrogen-bond acceptors (Lipinski definition) is 6. The molecule has 158 valence electrons.